The highest BCUT2D eigenvalue weighted by Crippen LogP contribution is 2.31. The van der Waals surface area contributed by atoms with E-state index >= 15 is 0 Å². The van der Waals surface area contributed by atoms with E-state index in [-0.39, 0.29) is 0 Å². The minimum atomic E-state index is 0.355. The van der Waals surface area contributed by atoms with Crippen molar-refractivity contribution in [2.24, 2.45) is 0 Å². The first kappa shape index (κ1) is 13.8. The molecule has 0 bridgehead atoms. The van der Waals surface area contributed by atoms with Crippen molar-refractivity contribution in [2.75, 3.05) is 0 Å². The van der Waals surface area contributed by atoms with Gasteiger partial charge in [-0.05, 0) is 48.1 Å². The Hall–Kier alpha value is -1.12. The predicted octanol–water partition coefficient (Wildman–Crippen LogP) is 5.01. The first-order valence-electron chi connectivity index (χ1n) is 7.03. The lowest BCUT2D eigenvalue weighted by Crippen LogP contribution is -1.99. The van der Waals surface area contributed by atoms with Crippen LogP contribution >= 0.6 is 15.9 Å². The molecule has 3 rings (SSSR count). The molecule has 1 atom stereocenters. The summed E-state index contributed by atoms with van der Waals surface area (Å²) >= 11 is 3.85. The Bertz CT molecular complexity index is 633. The molecule has 0 spiro atoms. The molecule has 1 heterocycles. The van der Waals surface area contributed by atoms with E-state index in [4.69, 9.17) is 4.74 Å². The fourth-order valence-corrected chi connectivity index (χ4v) is 3.35. The summed E-state index contributed by atoms with van der Waals surface area (Å²) < 4.78 is 5.49. The Morgan fingerprint density at radius 3 is 2.70 bits per heavy atom. The van der Waals surface area contributed by atoms with Crippen LogP contribution in [-0.2, 0) is 24.4 Å². The van der Waals surface area contributed by atoms with Crippen molar-refractivity contribution in [3.05, 3.63) is 69.8 Å². The summed E-state index contributed by atoms with van der Waals surface area (Å²) in [7, 11) is 0. The van der Waals surface area contributed by atoms with E-state index in [1.165, 1.54) is 33.4 Å². The number of fused-ring (bicyclic) bond motifs is 1. The Labute approximate surface area is 129 Å². The van der Waals surface area contributed by atoms with Gasteiger partial charge in [-0.2, -0.15) is 0 Å². The molecule has 2 aromatic carbocycles. The fraction of sp³-hybridized carbons (Fsp3) is 0.333. The monoisotopic (exact) mass is 330 g/mol. The Kier molecular flexibility index (Phi) is 3.95. The van der Waals surface area contributed by atoms with Crippen molar-refractivity contribution < 1.29 is 4.74 Å². The molecule has 0 N–H and O–H groups in total. The second-order valence-corrected chi connectivity index (χ2v) is 6.73. The van der Waals surface area contributed by atoms with Crippen molar-refractivity contribution in [2.45, 2.75) is 38.3 Å². The molecular formula is C18H19BrO. The molecule has 0 radical (unpaired) electrons. The number of halogens is 1. The molecule has 2 heteroatoms. The lowest BCUT2D eigenvalue weighted by Gasteiger charge is -2.14. The molecule has 0 amide bonds. The van der Waals surface area contributed by atoms with Crippen LogP contribution in [0.1, 0.15) is 38.2 Å². The number of hydrogen-bond acceptors (Lipinski definition) is 1. The number of alkyl halides is 1. The summed E-state index contributed by atoms with van der Waals surface area (Å²) in [6.07, 6.45) is 1.02. The van der Waals surface area contributed by atoms with E-state index in [2.05, 4.69) is 66.2 Å². The Balaban J connectivity index is 1.82. The third-order valence-electron chi connectivity index (χ3n) is 4.01. The lowest BCUT2D eigenvalue weighted by molar-refractivity contribution is 0.134. The van der Waals surface area contributed by atoms with Gasteiger partial charge in [-0.15, -0.1) is 0 Å². The van der Waals surface area contributed by atoms with Crippen LogP contribution < -0.4 is 0 Å². The summed E-state index contributed by atoms with van der Waals surface area (Å²) in [5, 5.41) is 0. The molecule has 2 aromatic rings. The molecule has 0 aromatic heterocycles. The molecule has 0 fully saturated rings. The second kappa shape index (κ2) is 5.71. The molecule has 1 aliphatic rings. The van der Waals surface area contributed by atoms with Gasteiger partial charge in [0.2, 0.25) is 0 Å². The van der Waals surface area contributed by atoms with E-state index in [0.29, 0.717) is 4.83 Å². The summed E-state index contributed by atoms with van der Waals surface area (Å²) in [5.41, 5.74) is 8.13. The summed E-state index contributed by atoms with van der Waals surface area (Å²) in [6.45, 7) is 5.86. The highest BCUT2D eigenvalue weighted by Gasteiger charge is 2.15. The number of hydrogen-bond donors (Lipinski definition) is 0. The topological polar surface area (TPSA) is 9.23 Å². The van der Waals surface area contributed by atoms with Gasteiger partial charge in [-0.25, -0.2) is 0 Å². The maximum atomic E-state index is 5.49. The van der Waals surface area contributed by atoms with Crippen molar-refractivity contribution in [3.63, 3.8) is 0 Å². The van der Waals surface area contributed by atoms with Crippen LogP contribution in [0.25, 0.3) is 0 Å². The molecule has 0 aliphatic carbocycles. The predicted molar refractivity (Wildman–Crippen MR) is 86.2 cm³/mol. The quantitative estimate of drug-likeness (QED) is 0.718. The highest BCUT2D eigenvalue weighted by molar-refractivity contribution is 9.09. The molecule has 0 saturated carbocycles. The van der Waals surface area contributed by atoms with Gasteiger partial charge in [-0.3, -0.25) is 0 Å². The van der Waals surface area contributed by atoms with Crippen LogP contribution in [-0.4, -0.2) is 0 Å². The van der Waals surface area contributed by atoms with Gasteiger partial charge < -0.3 is 4.74 Å². The lowest BCUT2D eigenvalue weighted by atomic mass is 9.97. The first-order valence-corrected chi connectivity index (χ1v) is 7.94. The van der Waals surface area contributed by atoms with E-state index < -0.39 is 0 Å². The van der Waals surface area contributed by atoms with E-state index in [1.54, 1.807) is 0 Å². The minimum absolute atomic E-state index is 0.355. The zero-order valence-electron chi connectivity index (χ0n) is 11.9. The molecule has 1 nitrogen and oxygen atoms in total. The summed E-state index contributed by atoms with van der Waals surface area (Å²) in [4.78, 5) is 0.355. The fourth-order valence-electron chi connectivity index (χ4n) is 2.72. The average molecular weight is 331 g/mol. The summed E-state index contributed by atoms with van der Waals surface area (Å²) in [5.74, 6) is 0. The molecular weight excluding hydrogens is 312 g/mol. The maximum absolute atomic E-state index is 5.49. The van der Waals surface area contributed by atoms with Gasteiger partial charge in [0, 0.05) is 4.83 Å². The van der Waals surface area contributed by atoms with Gasteiger partial charge in [0.1, 0.15) is 0 Å². The standard InChI is InChI=1S/C18H19BrO/c1-12-3-4-13(2)16(7-12)9-18(19)14-5-6-15-10-20-11-17(15)8-14/h3-8,18H,9-11H2,1-2H3. The summed E-state index contributed by atoms with van der Waals surface area (Å²) in [6, 6.07) is 13.4. The largest absolute Gasteiger partial charge is 0.372 e. The van der Waals surface area contributed by atoms with E-state index in [0.717, 1.165) is 19.6 Å². The average Bonchev–Trinajstić information content (AvgIpc) is 2.90. The number of aryl methyl sites for hydroxylation is 2. The first-order chi connectivity index (χ1) is 9.63. The highest BCUT2D eigenvalue weighted by atomic mass is 79.9. The zero-order valence-corrected chi connectivity index (χ0v) is 13.5. The van der Waals surface area contributed by atoms with Gasteiger partial charge in [0.05, 0.1) is 13.2 Å². The molecule has 0 saturated heterocycles. The molecule has 1 aliphatic heterocycles. The number of benzene rings is 2. The van der Waals surface area contributed by atoms with Crippen LogP contribution in [0.15, 0.2) is 36.4 Å². The number of rotatable bonds is 3. The van der Waals surface area contributed by atoms with Crippen LogP contribution in [0.3, 0.4) is 0 Å². The van der Waals surface area contributed by atoms with E-state index in [9.17, 15) is 0 Å². The van der Waals surface area contributed by atoms with Gasteiger partial charge >= 0.3 is 0 Å². The van der Waals surface area contributed by atoms with Crippen molar-refractivity contribution >= 4 is 15.9 Å². The van der Waals surface area contributed by atoms with Crippen LogP contribution in [0.2, 0.25) is 0 Å². The van der Waals surface area contributed by atoms with Crippen LogP contribution in [0, 0.1) is 13.8 Å². The zero-order chi connectivity index (χ0) is 14.1. The third-order valence-corrected chi connectivity index (χ3v) is 4.86. The molecule has 104 valence electrons. The van der Waals surface area contributed by atoms with E-state index in [1.807, 2.05) is 0 Å². The Morgan fingerprint density at radius 2 is 1.85 bits per heavy atom. The van der Waals surface area contributed by atoms with Crippen molar-refractivity contribution in [1.82, 2.24) is 0 Å². The molecule has 1 unspecified atom stereocenters. The van der Waals surface area contributed by atoms with Crippen molar-refractivity contribution in [1.29, 1.82) is 0 Å². The second-order valence-electron chi connectivity index (χ2n) is 5.62. The van der Waals surface area contributed by atoms with Crippen molar-refractivity contribution in [3.8, 4) is 0 Å². The third kappa shape index (κ3) is 2.82. The number of ether oxygens (including phenoxy) is 1. The maximum Gasteiger partial charge on any atom is 0.0725 e. The van der Waals surface area contributed by atoms with Gasteiger partial charge in [0.15, 0.2) is 0 Å². The van der Waals surface area contributed by atoms with Gasteiger partial charge in [0.25, 0.3) is 0 Å². The Morgan fingerprint density at radius 1 is 1.05 bits per heavy atom. The normalized spacial score (nSPS) is 15.2. The minimum Gasteiger partial charge on any atom is -0.372 e. The van der Waals surface area contributed by atoms with Crippen LogP contribution in [0.4, 0.5) is 0 Å². The van der Waals surface area contributed by atoms with Gasteiger partial charge in [-0.1, -0.05) is 57.9 Å². The molecule has 20 heavy (non-hydrogen) atoms. The SMILES string of the molecule is Cc1ccc(C)c(CC(Br)c2ccc3c(c2)COC3)c1. The smallest absolute Gasteiger partial charge is 0.0725 e. The van der Waals surface area contributed by atoms with Crippen LogP contribution in [0.5, 0.6) is 0 Å².